The molecule has 7 atom stereocenters. The van der Waals surface area contributed by atoms with Crippen LogP contribution in [0, 0.1) is 11.8 Å². The first-order valence-corrected chi connectivity index (χ1v) is 18.8. The number of nitrogens with one attached hydrogen (secondary N) is 1. The number of cyclic esters (lactones) is 1. The molecule has 5 aliphatic rings. The van der Waals surface area contributed by atoms with Crippen LogP contribution < -0.4 is 5.32 Å². The molecule has 0 saturated carbocycles. The zero-order chi connectivity index (χ0) is 36.0. The second-order valence-corrected chi connectivity index (χ2v) is 14.7. The molecule has 5 heterocycles. The fourth-order valence-electron chi connectivity index (χ4n) is 8.05. The van der Waals surface area contributed by atoms with E-state index in [2.05, 4.69) is 26.1 Å². The monoisotopic (exact) mass is 772 g/mol. The lowest BCUT2D eigenvalue weighted by atomic mass is 9.74. The summed E-state index contributed by atoms with van der Waals surface area (Å²) >= 11 is 3.63. The Morgan fingerprint density at radius 3 is 2.51 bits per heavy atom. The van der Waals surface area contributed by atoms with Crippen molar-refractivity contribution in [1.82, 2.24) is 20.0 Å². The molecule has 0 unspecified atom stereocenters. The minimum atomic E-state index is -1.39. The highest BCUT2D eigenvalue weighted by atomic mass is 79.9. The molecule has 1 spiro atoms. The number of allylic oxidation sites excluding steroid dienone is 1. The van der Waals surface area contributed by atoms with Crippen molar-refractivity contribution >= 4 is 39.6 Å². The minimum absolute atomic E-state index is 0.0337. The van der Waals surface area contributed by atoms with Gasteiger partial charge in [-0.15, -0.1) is 0 Å². The number of benzene rings is 1. The van der Waals surface area contributed by atoms with Crippen LogP contribution >= 0.6 is 15.9 Å². The first-order valence-electron chi connectivity index (χ1n) is 18.0. The Morgan fingerprint density at radius 2 is 1.76 bits per heavy atom. The highest BCUT2D eigenvalue weighted by molar-refractivity contribution is 9.11. The van der Waals surface area contributed by atoms with Gasteiger partial charge in [0.2, 0.25) is 17.7 Å². The molecule has 0 aliphatic carbocycles. The highest BCUT2D eigenvalue weighted by Crippen LogP contribution is 2.59. The van der Waals surface area contributed by atoms with Gasteiger partial charge in [0.1, 0.15) is 29.8 Å². The first-order chi connectivity index (χ1) is 24.8. The largest absolute Gasteiger partial charge is 0.455 e. The van der Waals surface area contributed by atoms with Crippen molar-refractivity contribution in [3.63, 3.8) is 0 Å². The number of ether oxygens (including phenoxy) is 4. The SMILES string of the molecule is COC[C@H]1NC(=O)CC/C=C\CN(CCN2CCOCC2)C(=O)[C@@H]2N(CCCCCO)C(=O)[C@H]3[C@H](C(=O)O[C@@H]1c1ccccc1)[C@H]1O[C@@]23C=C1Br. The van der Waals surface area contributed by atoms with E-state index in [1.54, 1.807) is 9.80 Å². The maximum atomic E-state index is 14.9. The molecule has 1 aromatic carbocycles. The van der Waals surface area contributed by atoms with Crippen molar-refractivity contribution in [2.75, 3.05) is 72.8 Å². The summed E-state index contributed by atoms with van der Waals surface area (Å²) in [5.74, 6) is -3.53. The molecule has 14 heteroatoms. The van der Waals surface area contributed by atoms with Crippen LogP contribution in [0.25, 0.3) is 0 Å². The van der Waals surface area contributed by atoms with Gasteiger partial charge in [-0.1, -0.05) is 58.4 Å². The van der Waals surface area contributed by atoms with Crippen LogP contribution in [0.5, 0.6) is 0 Å². The van der Waals surface area contributed by atoms with Gasteiger partial charge in [0.15, 0.2) is 0 Å². The first kappa shape index (κ1) is 37.6. The van der Waals surface area contributed by atoms with E-state index in [9.17, 15) is 24.3 Å². The van der Waals surface area contributed by atoms with E-state index in [0.717, 1.165) is 13.1 Å². The number of aliphatic hydroxyl groups excluding tert-OH is 1. The van der Waals surface area contributed by atoms with Crippen LogP contribution in [0.1, 0.15) is 43.8 Å². The summed E-state index contributed by atoms with van der Waals surface area (Å²) in [4.78, 5) is 62.9. The lowest BCUT2D eigenvalue weighted by Crippen LogP contribution is -2.57. The summed E-state index contributed by atoms with van der Waals surface area (Å²) in [6.07, 6.45) is 6.28. The Kier molecular flexibility index (Phi) is 12.6. The summed E-state index contributed by atoms with van der Waals surface area (Å²) in [7, 11) is 1.52. The summed E-state index contributed by atoms with van der Waals surface area (Å²) in [6.45, 7) is 4.46. The zero-order valence-corrected chi connectivity index (χ0v) is 30.7. The molecule has 0 radical (unpaired) electrons. The average Bonchev–Trinajstić information content (AvgIpc) is 3.73. The molecule has 2 N–H and O–H groups in total. The number of carbonyl (C=O) groups is 4. The molecule has 3 amide bonds. The minimum Gasteiger partial charge on any atom is -0.455 e. The smallest absolute Gasteiger partial charge is 0.313 e. The Balaban J connectivity index is 1.39. The van der Waals surface area contributed by atoms with Gasteiger partial charge in [-0.2, -0.15) is 0 Å². The predicted molar refractivity (Wildman–Crippen MR) is 189 cm³/mol. The van der Waals surface area contributed by atoms with Gasteiger partial charge >= 0.3 is 5.97 Å². The van der Waals surface area contributed by atoms with Gasteiger partial charge < -0.3 is 39.2 Å². The molecule has 5 bridgehead atoms. The van der Waals surface area contributed by atoms with Crippen LogP contribution in [0.15, 0.2) is 53.0 Å². The van der Waals surface area contributed by atoms with Crippen LogP contribution in [0.3, 0.4) is 0 Å². The number of likely N-dealkylation sites (tertiary alicyclic amines) is 1. The molecule has 5 aliphatic heterocycles. The number of nitrogens with zero attached hydrogens (tertiary/aromatic N) is 3. The zero-order valence-electron chi connectivity index (χ0n) is 29.1. The van der Waals surface area contributed by atoms with Gasteiger partial charge in [-0.25, -0.2) is 0 Å². The van der Waals surface area contributed by atoms with Gasteiger partial charge in [0.25, 0.3) is 0 Å². The molecule has 13 nitrogen and oxygen atoms in total. The number of aliphatic hydroxyl groups is 1. The number of hydrogen-bond acceptors (Lipinski definition) is 10. The number of esters is 1. The van der Waals surface area contributed by atoms with Crippen molar-refractivity contribution in [2.24, 2.45) is 11.8 Å². The fraction of sp³-hybridized carbons (Fsp3) is 0.622. The Morgan fingerprint density at radius 1 is 0.980 bits per heavy atom. The van der Waals surface area contributed by atoms with E-state index in [1.165, 1.54) is 7.11 Å². The molecular formula is C37H49BrN4O9. The van der Waals surface area contributed by atoms with Crippen LogP contribution in [0.4, 0.5) is 0 Å². The molecule has 0 aromatic heterocycles. The summed E-state index contributed by atoms with van der Waals surface area (Å²) in [6, 6.07) is 7.42. The topological polar surface area (TPSA) is 147 Å². The van der Waals surface area contributed by atoms with Gasteiger partial charge in [-0.3, -0.25) is 24.1 Å². The molecule has 6 rings (SSSR count). The number of halogens is 1. The molecule has 1 aromatic rings. The van der Waals surface area contributed by atoms with Crippen molar-refractivity contribution in [3.8, 4) is 0 Å². The third kappa shape index (κ3) is 7.96. The van der Waals surface area contributed by atoms with Crippen LogP contribution in [-0.2, 0) is 38.1 Å². The normalized spacial score (nSPS) is 32.5. The number of methoxy groups -OCH3 is 1. The number of unbranched alkanes of at least 4 members (excludes halogenated alkanes) is 2. The molecule has 278 valence electrons. The maximum absolute atomic E-state index is 14.9. The maximum Gasteiger partial charge on any atom is 0.313 e. The predicted octanol–water partition coefficient (Wildman–Crippen LogP) is 1.95. The third-order valence-corrected chi connectivity index (χ3v) is 11.2. The van der Waals surface area contributed by atoms with E-state index < -0.39 is 47.7 Å². The number of rotatable bonds is 11. The second-order valence-electron chi connectivity index (χ2n) is 13.8. The summed E-state index contributed by atoms with van der Waals surface area (Å²) in [5, 5.41) is 12.4. The second kappa shape index (κ2) is 17.1. The standard InChI is InChI=1S/C37H49BrN4O9/c1-48-24-27-31(25-11-5-2-6-12-25)50-36(47)29-30-34(45)42(15-9-4-10-20-43)33(37(30)23-26(38)32(29)51-37)35(46)41(14-8-3-7-13-28(44)39-27)17-16-40-18-21-49-22-19-40/h2-3,5-6,8,11-12,23,27,29-33,43H,4,7,9-10,13-22,24H2,1H3,(H,39,44)/b8-3-/t27-,29+,30-,31-,32+,33+,37-/m1/s1. The van der Waals surface area contributed by atoms with E-state index in [-0.39, 0.29) is 50.4 Å². The fourth-order valence-corrected chi connectivity index (χ4v) is 8.79. The summed E-state index contributed by atoms with van der Waals surface area (Å²) in [5.41, 5.74) is -0.734. The van der Waals surface area contributed by atoms with E-state index >= 15 is 0 Å². The number of carbonyl (C=O) groups excluding carboxylic acids is 4. The number of fused-ring (bicyclic) bond motifs is 2. The van der Waals surface area contributed by atoms with Gasteiger partial charge in [-0.05, 0) is 37.3 Å². The Labute approximate surface area is 307 Å². The molecular weight excluding hydrogens is 724 g/mol. The molecule has 51 heavy (non-hydrogen) atoms. The highest BCUT2D eigenvalue weighted by Gasteiger charge is 2.75. The third-order valence-electron chi connectivity index (χ3n) is 10.6. The van der Waals surface area contributed by atoms with E-state index in [0.29, 0.717) is 62.0 Å². The molecule has 3 saturated heterocycles. The number of hydrogen-bond donors (Lipinski definition) is 2. The van der Waals surface area contributed by atoms with Gasteiger partial charge in [0.05, 0.1) is 31.8 Å². The quantitative estimate of drug-likeness (QED) is 0.195. The molecule has 3 fully saturated rings. The Hall–Kier alpha value is -3.14. The van der Waals surface area contributed by atoms with Crippen molar-refractivity contribution in [3.05, 3.63) is 58.6 Å². The summed E-state index contributed by atoms with van der Waals surface area (Å²) < 4.78 is 24.6. The average molecular weight is 774 g/mol. The lowest BCUT2D eigenvalue weighted by molar-refractivity contribution is -0.162. The van der Waals surface area contributed by atoms with Crippen LogP contribution in [0.2, 0.25) is 0 Å². The van der Waals surface area contributed by atoms with Crippen molar-refractivity contribution in [1.29, 1.82) is 0 Å². The van der Waals surface area contributed by atoms with E-state index in [4.69, 9.17) is 18.9 Å². The van der Waals surface area contributed by atoms with Crippen molar-refractivity contribution < 1.29 is 43.2 Å². The van der Waals surface area contributed by atoms with E-state index in [1.807, 2.05) is 48.6 Å². The van der Waals surface area contributed by atoms with Crippen LogP contribution in [-0.4, -0.2) is 140 Å². The number of morpholine rings is 1. The lowest BCUT2D eigenvalue weighted by Gasteiger charge is -2.37. The van der Waals surface area contributed by atoms with Gasteiger partial charge in [0, 0.05) is 63.9 Å². The number of amides is 3. The Bertz CT molecular complexity index is 1470. The van der Waals surface area contributed by atoms with Crippen molar-refractivity contribution in [2.45, 2.75) is 62.0 Å².